The van der Waals surface area contributed by atoms with Gasteiger partial charge in [0, 0.05) is 19.6 Å². The summed E-state index contributed by atoms with van der Waals surface area (Å²) in [6.07, 6.45) is 9.05. The van der Waals surface area contributed by atoms with Crippen molar-refractivity contribution >= 4 is 0 Å². The van der Waals surface area contributed by atoms with E-state index in [2.05, 4.69) is 48.3 Å². The number of hydrogen-bond acceptors (Lipinski definition) is 1. The van der Waals surface area contributed by atoms with Crippen molar-refractivity contribution in [3.63, 3.8) is 0 Å². The lowest BCUT2D eigenvalue weighted by Gasteiger charge is -2.29. The summed E-state index contributed by atoms with van der Waals surface area (Å²) in [5, 5.41) is 0. The lowest BCUT2D eigenvalue weighted by Crippen LogP contribution is -2.32. The maximum absolute atomic E-state index is 2.57. The van der Waals surface area contributed by atoms with Gasteiger partial charge in [-0.2, -0.15) is 0 Å². The van der Waals surface area contributed by atoms with Crippen molar-refractivity contribution in [1.29, 1.82) is 0 Å². The van der Waals surface area contributed by atoms with Gasteiger partial charge >= 0.3 is 0 Å². The van der Waals surface area contributed by atoms with Gasteiger partial charge in [-0.25, -0.2) is 0 Å². The standard InChI is InChI=1S/C16H19N/c1-13-6-7-15-8-9-17(12-16(15)10-13)11-14-4-2-3-5-14/h2-4,6-7,10H,5,8-9,11-12H2,1H3. The molecule has 0 atom stereocenters. The fourth-order valence-corrected chi connectivity index (χ4v) is 2.78. The van der Waals surface area contributed by atoms with Crippen molar-refractivity contribution in [2.45, 2.75) is 26.3 Å². The third-order valence-electron chi connectivity index (χ3n) is 3.73. The Morgan fingerprint density at radius 1 is 1.24 bits per heavy atom. The van der Waals surface area contributed by atoms with Crippen LogP contribution in [-0.4, -0.2) is 18.0 Å². The van der Waals surface area contributed by atoms with Crippen LogP contribution in [0.15, 0.2) is 42.0 Å². The van der Waals surface area contributed by atoms with E-state index in [0.29, 0.717) is 0 Å². The zero-order chi connectivity index (χ0) is 11.7. The predicted octanol–water partition coefficient (Wildman–Crippen LogP) is 3.24. The van der Waals surface area contributed by atoms with Crippen LogP contribution in [0, 0.1) is 6.92 Å². The van der Waals surface area contributed by atoms with Gasteiger partial charge in [0.05, 0.1) is 0 Å². The van der Waals surface area contributed by atoms with Gasteiger partial charge in [-0.15, -0.1) is 0 Å². The maximum Gasteiger partial charge on any atom is 0.0240 e. The fraction of sp³-hybridized carbons (Fsp3) is 0.375. The van der Waals surface area contributed by atoms with Crippen molar-refractivity contribution in [2.75, 3.05) is 13.1 Å². The first-order valence-corrected chi connectivity index (χ1v) is 6.46. The summed E-state index contributed by atoms with van der Waals surface area (Å²) >= 11 is 0. The molecule has 0 radical (unpaired) electrons. The number of rotatable bonds is 2. The van der Waals surface area contributed by atoms with Crippen LogP contribution in [0.2, 0.25) is 0 Å². The molecule has 1 heterocycles. The molecular formula is C16H19N. The van der Waals surface area contributed by atoms with Gasteiger partial charge in [-0.05, 0) is 30.9 Å². The van der Waals surface area contributed by atoms with Crippen LogP contribution in [0.3, 0.4) is 0 Å². The van der Waals surface area contributed by atoms with Crippen molar-refractivity contribution in [1.82, 2.24) is 4.90 Å². The first-order valence-electron chi connectivity index (χ1n) is 6.46. The Labute approximate surface area is 103 Å². The zero-order valence-electron chi connectivity index (χ0n) is 10.4. The molecule has 1 aromatic carbocycles. The molecule has 0 fully saturated rings. The topological polar surface area (TPSA) is 3.24 Å². The zero-order valence-corrected chi connectivity index (χ0v) is 10.4. The molecule has 1 aliphatic heterocycles. The molecule has 0 N–H and O–H groups in total. The number of aryl methyl sites for hydroxylation is 1. The molecule has 0 unspecified atom stereocenters. The Kier molecular flexibility index (Phi) is 2.86. The Morgan fingerprint density at radius 3 is 3.00 bits per heavy atom. The smallest absolute Gasteiger partial charge is 0.0240 e. The average molecular weight is 225 g/mol. The second-order valence-electron chi connectivity index (χ2n) is 5.19. The number of allylic oxidation sites excluding steroid dienone is 3. The van der Waals surface area contributed by atoms with Crippen molar-refractivity contribution in [3.05, 3.63) is 58.7 Å². The van der Waals surface area contributed by atoms with Crippen molar-refractivity contribution in [2.24, 2.45) is 0 Å². The summed E-state index contributed by atoms with van der Waals surface area (Å²) in [6.45, 7) is 5.64. The lowest BCUT2D eigenvalue weighted by atomic mass is 9.97. The van der Waals surface area contributed by atoms with Gasteiger partial charge in [-0.3, -0.25) is 4.90 Å². The lowest BCUT2D eigenvalue weighted by molar-refractivity contribution is 0.274. The molecule has 1 nitrogen and oxygen atoms in total. The average Bonchev–Trinajstić information content (AvgIpc) is 2.81. The van der Waals surface area contributed by atoms with Crippen LogP contribution in [0.25, 0.3) is 0 Å². The second-order valence-corrected chi connectivity index (χ2v) is 5.19. The minimum atomic E-state index is 1.12. The van der Waals surface area contributed by atoms with E-state index in [9.17, 15) is 0 Å². The van der Waals surface area contributed by atoms with Gasteiger partial charge in [0.2, 0.25) is 0 Å². The third-order valence-corrected chi connectivity index (χ3v) is 3.73. The van der Waals surface area contributed by atoms with E-state index in [1.165, 1.54) is 24.1 Å². The summed E-state index contributed by atoms with van der Waals surface area (Å²) in [5.74, 6) is 0. The normalized spacial score (nSPS) is 19.2. The van der Waals surface area contributed by atoms with Gasteiger partial charge in [0.25, 0.3) is 0 Å². The highest BCUT2D eigenvalue weighted by Gasteiger charge is 2.17. The van der Waals surface area contributed by atoms with Crippen LogP contribution < -0.4 is 0 Å². The first-order chi connectivity index (χ1) is 8.31. The summed E-state index contributed by atoms with van der Waals surface area (Å²) in [4.78, 5) is 2.57. The molecule has 1 aromatic rings. The SMILES string of the molecule is Cc1ccc2c(c1)CN(CC1=CC=CC1)CC2. The Bertz CT molecular complexity index is 482. The summed E-state index contributed by atoms with van der Waals surface area (Å²) < 4.78 is 0. The fourth-order valence-electron chi connectivity index (χ4n) is 2.78. The molecule has 2 aliphatic rings. The van der Waals surface area contributed by atoms with Crippen LogP contribution >= 0.6 is 0 Å². The van der Waals surface area contributed by atoms with Crippen LogP contribution in [0.4, 0.5) is 0 Å². The van der Waals surface area contributed by atoms with Gasteiger partial charge in [0.15, 0.2) is 0 Å². The van der Waals surface area contributed by atoms with E-state index in [1.807, 2.05) is 0 Å². The molecular weight excluding hydrogens is 206 g/mol. The molecule has 0 amide bonds. The molecule has 88 valence electrons. The molecule has 0 bridgehead atoms. The maximum atomic E-state index is 2.57. The Balaban J connectivity index is 1.71. The molecule has 0 saturated heterocycles. The molecule has 1 aliphatic carbocycles. The molecule has 3 rings (SSSR count). The van der Waals surface area contributed by atoms with E-state index in [-0.39, 0.29) is 0 Å². The summed E-state index contributed by atoms with van der Waals surface area (Å²) in [6, 6.07) is 6.89. The van der Waals surface area contributed by atoms with E-state index in [1.54, 1.807) is 11.1 Å². The molecule has 0 spiro atoms. The predicted molar refractivity (Wildman–Crippen MR) is 72.0 cm³/mol. The second kappa shape index (κ2) is 4.50. The van der Waals surface area contributed by atoms with E-state index < -0.39 is 0 Å². The monoisotopic (exact) mass is 225 g/mol. The third kappa shape index (κ3) is 2.34. The quantitative estimate of drug-likeness (QED) is 0.747. The Morgan fingerprint density at radius 2 is 2.18 bits per heavy atom. The molecule has 0 saturated carbocycles. The highest BCUT2D eigenvalue weighted by molar-refractivity contribution is 5.33. The van der Waals surface area contributed by atoms with Crippen molar-refractivity contribution in [3.8, 4) is 0 Å². The summed E-state index contributed by atoms with van der Waals surface area (Å²) in [7, 11) is 0. The van der Waals surface area contributed by atoms with Crippen LogP contribution in [0.5, 0.6) is 0 Å². The van der Waals surface area contributed by atoms with Gasteiger partial charge in [-0.1, -0.05) is 47.6 Å². The number of hydrogen-bond donors (Lipinski definition) is 0. The minimum absolute atomic E-state index is 1.12. The molecule has 1 heteroatoms. The van der Waals surface area contributed by atoms with E-state index >= 15 is 0 Å². The van der Waals surface area contributed by atoms with Crippen LogP contribution in [-0.2, 0) is 13.0 Å². The molecule has 17 heavy (non-hydrogen) atoms. The summed E-state index contributed by atoms with van der Waals surface area (Å²) in [5.41, 5.74) is 6.02. The number of nitrogens with zero attached hydrogens (tertiary/aromatic N) is 1. The first kappa shape index (κ1) is 10.8. The van der Waals surface area contributed by atoms with Gasteiger partial charge < -0.3 is 0 Å². The highest BCUT2D eigenvalue weighted by atomic mass is 15.1. The number of fused-ring (bicyclic) bond motifs is 1. The Hall–Kier alpha value is -1.34. The van der Waals surface area contributed by atoms with E-state index in [0.717, 1.165) is 19.5 Å². The minimum Gasteiger partial charge on any atom is -0.295 e. The number of benzene rings is 1. The highest BCUT2D eigenvalue weighted by Crippen LogP contribution is 2.22. The molecule has 0 aromatic heterocycles. The van der Waals surface area contributed by atoms with E-state index in [4.69, 9.17) is 0 Å². The van der Waals surface area contributed by atoms with Gasteiger partial charge in [0.1, 0.15) is 0 Å². The van der Waals surface area contributed by atoms with Crippen LogP contribution in [0.1, 0.15) is 23.1 Å². The largest absolute Gasteiger partial charge is 0.295 e. The van der Waals surface area contributed by atoms with Crippen molar-refractivity contribution < 1.29 is 0 Å².